The first kappa shape index (κ1) is 18.4. The summed E-state index contributed by atoms with van der Waals surface area (Å²) in [6.07, 6.45) is 1.79. The predicted molar refractivity (Wildman–Crippen MR) is 105 cm³/mol. The maximum absolute atomic E-state index is 12.5. The number of nitrogens with zero attached hydrogens (tertiary/aromatic N) is 1. The van der Waals surface area contributed by atoms with Gasteiger partial charge in [-0.15, -0.1) is 11.3 Å². The molecule has 0 saturated carbocycles. The monoisotopic (exact) mass is 388 g/mol. The number of nitrogens with one attached hydrogen (secondary N) is 1. The van der Waals surface area contributed by atoms with Gasteiger partial charge < -0.3 is 4.74 Å². The van der Waals surface area contributed by atoms with Crippen molar-refractivity contribution in [1.29, 1.82) is 0 Å². The average molecular weight is 389 g/mol. The minimum Gasteiger partial charge on any atom is -0.497 e. The lowest BCUT2D eigenvalue weighted by atomic mass is 10.1. The zero-order chi connectivity index (χ0) is 18.6. The summed E-state index contributed by atoms with van der Waals surface area (Å²) in [5, 5.41) is 0.378. The Labute approximate surface area is 157 Å². The number of aryl methyl sites for hydroxylation is 1. The van der Waals surface area contributed by atoms with Crippen molar-refractivity contribution in [2.75, 3.05) is 11.8 Å². The number of thiazole rings is 1. The molecule has 1 aromatic heterocycles. The number of ether oxygens (including phenoxy) is 1. The van der Waals surface area contributed by atoms with Gasteiger partial charge in [0.25, 0.3) is 10.0 Å². The van der Waals surface area contributed by atoms with Gasteiger partial charge in [-0.1, -0.05) is 31.5 Å². The fourth-order valence-electron chi connectivity index (χ4n) is 2.54. The molecule has 26 heavy (non-hydrogen) atoms. The predicted octanol–water partition coefficient (Wildman–Crippen LogP) is 4.57. The lowest BCUT2D eigenvalue weighted by Gasteiger charge is -2.04. The Morgan fingerprint density at radius 1 is 1.08 bits per heavy atom. The number of methoxy groups -OCH3 is 1. The molecule has 136 valence electrons. The smallest absolute Gasteiger partial charge is 0.263 e. The van der Waals surface area contributed by atoms with Crippen LogP contribution in [0, 0.1) is 0 Å². The lowest BCUT2D eigenvalue weighted by molar-refractivity contribution is 0.415. The summed E-state index contributed by atoms with van der Waals surface area (Å²) >= 11 is 1.38. The van der Waals surface area contributed by atoms with Crippen molar-refractivity contribution in [1.82, 2.24) is 4.98 Å². The van der Waals surface area contributed by atoms with Gasteiger partial charge in [0, 0.05) is 10.4 Å². The highest BCUT2D eigenvalue weighted by Crippen LogP contribution is 2.34. The lowest BCUT2D eigenvalue weighted by Crippen LogP contribution is -2.12. The number of hydrogen-bond acceptors (Lipinski definition) is 5. The molecule has 5 nitrogen and oxygen atoms in total. The second kappa shape index (κ2) is 7.88. The van der Waals surface area contributed by atoms with Gasteiger partial charge in [0.15, 0.2) is 5.13 Å². The third kappa shape index (κ3) is 4.05. The van der Waals surface area contributed by atoms with Crippen molar-refractivity contribution in [3.05, 3.63) is 59.5 Å². The third-order valence-electron chi connectivity index (χ3n) is 3.81. The van der Waals surface area contributed by atoms with Crippen LogP contribution in [0.15, 0.2) is 59.5 Å². The highest BCUT2D eigenvalue weighted by atomic mass is 32.2. The summed E-state index contributed by atoms with van der Waals surface area (Å²) in [6.45, 7) is 2.09. The number of aromatic nitrogens is 1. The van der Waals surface area contributed by atoms with E-state index in [1.807, 2.05) is 24.3 Å². The minimum absolute atomic E-state index is 0.221. The number of benzene rings is 2. The van der Waals surface area contributed by atoms with Crippen molar-refractivity contribution in [3.63, 3.8) is 0 Å². The molecular formula is C19H20N2O3S2. The van der Waals surface area contributed by atoms with Crippen LogP contribution in [0.1, 0.15) is 18.2 Å². The Morgan fingerprint density at radius 2 is 1.77 bits per heavy atom. The Morgan fingerprint density at radius 3 is 2.38 bits per heavy atom. The summed E-state index contributed by atoms with van der Waals surface area (Å²) in [6, 6.07) is 15.9. The van der Waals surface area contributed by atoms with Crippen LogP contribution in [0.4, 0.5) is 5.13 Å². The van der Waals surface area contributed by atoms with E-state index in [-0.39, 0.29) is 4.90 Å². The number of rotatable bonds is 7. The molecule has 0 amide bonds. The van der Waals surface area contributed by atoms with Gasteiger partial charge in [-0.3, -0.25) is 4.72 Å². The SMILES string of the molecule is CCCc1sc(NS(=O)(=O)c2ccccc2)nc1-c1ccc(OC)cc1. The van der Waals surface area contributed by atoms with E-state index in [1.165, 1.54) is 11.3 Å². The van der Waals surface area contributed by atoms with Crippen LogP contribution >= 0.6 is 11.3 Å². The van der Waals surface area contributed by atoms with E-state index in [0.717, 1.165) is 34.7 Å². The van der Waals surface area contributed by atoms with Crippen molar-refractivity contribution < 1.29 is 13.2 Å². The minimum atomic E-state index is -3.65. The number of anilines is 1. The summed E-state index contributed by atoms with van der Waals surface area (Å²) in [7, 11) is -2.02. The fraction of sp³-hybridized carbons (Fsp3) is 0.211. The van der Waals surface area contributed by atoms with Crippen LogP contribution < -0.4 is 9.46 Å². The third-order valence-corrected chi connectivity index (χ3v) is 6.33. The standard InChI is InChI=1S/C19H20N2O3S2/c1-3-7-17-18(14-10-12-15(24-2)13-11-14)20-19(25-17)21-26(22,23)16-8-5-4-6-9-16/h4-6,8-13H,3,7H2,1-2H3,(H,20,21). The zero-order valence-electron chi connectivity index (χ0n) is 14.6. The Balaban J connectivity index is 1.94. The van der Waals surface area contributed by atoms with Crippen molar-refractivity contribution >= 4 is 26.5 Å². The quantitative estimate of drug-likeness (QED) is 0.644. The molecule has 1 heterocycles. The van der Waals surface area contributed by atoms with Gasteiger partial charge >= 0.3 is 0 Å². The van der Waals surface area contributed by atoms with E-state index in [1.54, 1.807) is 37.4 Å². The molecule has 0 saturated heterocycles. The summed E-state index contributed by atoms with van der Waals surface area (Å²) in [4.78, 5) is 5.83. The van der Waals surface area contributed by atoms with Crippen molar-refractivity contribution in [2.45, 2.75) is 24.7 Å². The Kier molecular flexibility index (Phi) is 5.58. The molecule has 0 aliphatic heterocycles. The molecule has 0 aliphatic rings. The summed E-state index contributed by atoms with van der Waals surface area (Å²) < 4.78 is 32.9. The molecule has 0 radical (unpaired) electrons. The molecule has 0 unspecified atom stereocenters. The topological polar surface area (TPSA) is 68.3 Å². The van der Waals surface area contributed by atoms with E-state index < -0.39 is 10.0 Å². The van der Waals surface area contributed by atoms with Crippen molar-refractivity contribution in [3.8, 4) is 17.0 Å². The van der Waals surface area contributed by atoms with Crippen LogP contribution in [-0.2, 0) is 16.4 Å². The first-order valence-corrected chi connectivity index (χ1v) is 10.6. The fourth-order valence-corrected chi connectivity index (χ4v) is 4.88. The van der Waals surface area contributed by atoms with Gasteiger partial charge in [0.1, 0.15) is 5.75 Å². The summed E-state index contributed by atoms with van der Waals surface area (Å²) in [5.41, 5.74) is 1.75. The molecule has 3 aromatic rings. The van der Waals surface area contributed by atoms with Crippen molar-refractivity contribution in [2.24, 2.45) is 0 Å². The van der Waals surface area contributed by atoms with Crippen LogP contribution in [0.3, 0.4) is 0 Å². The van der Waals surface area contributed by atoms with Gasteiger partial charge in [-0.2, -0.15) is 0 Å². The van der Waals surface area contributed by atoms with E-state index in [2.05, 4.69) is 16.6 Å². The highest BCUT2D eigenvalue weighted by molar-refractivity contribution is 7.93. The maximum atomic E-state index is 12.5. The molecule has 0 fully saturated rings. The molecule has 2 aromatic carbocycles. The summed E-state index contributed by atoms with van der Waals surface area (Å²) in [5.74, 6) is 0.769. The van der Waals surface area contributed by atoms with Crippen LogP contribution in [0.25, 0.3) is 11.3 Å². The normalized spacial score (nSPS) is 11.3. The van der Waals surface area contributed by atoms with E-state index in [9.17, 15) is 8.42 Å². The van der Waals surface area contributed by atoms with Crippen LogP contribution in [0.5, 0.6) is 5.75 Å². The molecule has 0 aliphatic carbocycles. The largest absolute Gasteiger partial charge is 0.497 e. The molecular weight excluding hydrogens is 368 g/mol. The number of sulfonamides is 1. The van der Waals surface area contributed by atoms with E-state index in [0.29, 0.717) is 5.13 Å². The van der Waals surface area contributed by atoms with E-state index in [4.69, 9.17) is 4.74 Å². The molecule has 0 spiro atoms. The van der Waals surface area contributed by atoms with Crippen LogP contribution in [0.2, 0.25) is 0 Å². The maximum Gasteiger partial charge on any atom is 0.263 e. The Hall–Kier alpha value is -2.38. The molecule has 0 bridgehead atoms. The number of hydrogen-bond donors (Lipinski definition) is 1. The van der Waals surface area contributed by atoms with Gasteiger partial charge in [0.05, 0.1) is 17.7 Å². The first-order valence-electron chi connectivity index (χ1n) is 8.25. The average Bonchev–Trinajstić information content (AvgIpc) is 3.04. The molecule has 0 atom stereocenters. The molecule has 1 N–H and O–H groups in total. The molecule has 3 rings (SSSR count). The highest BCUT2D eigenvalue weighted by Gasteiger charge is 2.19. The molecule has 7 heteroatoms. The second-order valence-electron chi connectivity index (χ2n) is 5.69. The first-order chi connectivity index (χ1) is 12.5. The van der Waals surface area contributed by atoms with Gasteiger partial charge in [-0.25, -0.2) is 13.4 Å². The van der Waals surface area contributed by atoms with Gasteiger partial charge in [-0.05, 0) is 42.8 Å². The zero-order valence-corrected chi connectivity index (χ0v) is 16.2. The second-order valence-corrected chi connectivity index (χ2v) is 8.45. The van der Waals surface area contributed by atoms with E-state index >= 15 is 0 Å². The van der Waals surface area contributed by atoms with Gasteiger partial charge in [0.2, 0.25) is 0 Å². The van der Waals surface area contributed by atoms with Crippen LogP contribution in [-0.4, -0.2) is 20.5 Å². The Bertz CT molecular complexity index is 966.